The summed E-state index contributed by atoms with van der Waals surface area (Å²) in [6.45, 7) is 1.64. The predicted octanol–water partition coefficient (Wildman–Crippen LogP) is 6.06. The minimum Gasteiger partial charge on any atom is -0.296 e. The second kappa shape index (κ2) is 9.35. The summed E-state index contributed by atoms with van der Waals surface area (Å²) in [6, 6.07) is 29.2. The minimum absolute atomic E-state index is 0.0682. The second-order valence-electron chi connectivity index (χ2n) is 8.40. The smallest absolute Gasteiger partial charge is 0.262 e. The van der Waals surface area contributed by atoms with Crippen molar-refractivity contribution in [2.75, 3.05) is 4.72 Å². The van der Waals surface area contributed by atoms with Crippen molar-refractivity contribution < 1.29 is 12.8 Å². The number of sulfonamides is 1. The van der Waals surface area contributed by atoms with E-state index < -0.39 is 15.8 Å². The average Bonchev–Trinajstić information content (AvgIpc) is 3.24. The number of imidazole rings is 1. The lowest BCUT2D eigenvalue weighted by Crippen LogP contribution is -2.14. The van der Waals surface area contributed by atoms with Crippen LogP contribution in [0.1, 0.15) is 17.0 Å². The zero-order valence-corrected chi connectivity index (χ0v) is 20.0. The number of hydrogen-bond donors (Lipinski definition) is 1. The summed E-state index contributed by atoms with van der Waals surface area (Å²) in [5, 5.41) is 0. The van der Waals surface area contributed by atoms with Crippen LogP contribution in [-0.4, -0.2) is 18.0 Å². The minimum atomic E-state index is -3.89. The Balaban J connectivity index is 1.35. The Labute approximate surface area is 203 Å². The molecule has 0 aliphatic rings. The van der Waals surface area contributed by atoms with Crippen molar-refractivity contribution in [2.45, 2.75) is 24.7 Å². The van der Waals surface area contributed by atoms with Gasteiger partial charge in [-0.3, -0.25) is 9.29 Å². The number of fused-ring (bicyclic) bond motifs is 1. The molecule has 176 valence electrons. The standard InChI is InChI=1S/C28H24FN3O2S/c1-20-11-15-22(29)19-27(20)35(33,34)31-23-16-12-21(13-17-23)14-18-28-30-25-9-5-6-10-26(25)32(28)24-7-3-2-4-8-24/h2-13,15-17,19,31H,14,18H2,1H3. The van der Waals surface area contributed by atoms with Crippen LogP contribution in [0.2, 0.25) is 0 Å². The third-order valence-corrected chi connectivity index (χ3v) is 7.45. The fraction of sp³-hybridized carbons (Fsp3) is 0.107. The molecule has 0 saturated carbocycles. The van der Waals surface area contributed by atoms with Crippen molar-refractivity contribution in [3.8, 4) is 5.69 Å². The van der Waals surface area contributed by atoms with Crippen LogP contribution in [0.25, 0.3) is 16.7 Å². The number of para-hydroxylation sites is 3. The Morgan fingerprint density at radius 3 is 2.34 bits per heavy atom. The molecule has 0 aliphatic heterocycles. The van der Waals surface area contributed by atoms with Crippen molar-refractivity contribution in [1.29, 1.82) is 0 Å². The van der Waals surface area contributed by atoms with Gasteiger partial charge in [0.05, 0.1) is 15.9 Å². The summed E-state index contributed by atoms with van der Waals surface area (Å²) in [5.74, 6) is 0.372. The Hall–Kier alpha value is -3.97. The number of halogens is 1. The van der Waals surface area contributed by atoms with Crippen LogP contribution < -0.4 is 4.72 Å². The Bertz CT molecular complexity index is 1600. The molecule has 0 saturated heterocycles. The summed E-state index contributed by atoms with van der Waals surface area (Å²) in [5.41, 5.74) is 5.04. The fourth-order valence-corrected chi connectivity index (χ4v) is 5.49. The van der Waals surface area contributed by atoms with E-state index >= 15 is 0 Å². The fourth-order valence-electron chi connectivity index (χ4n) is 4.18. The molecule has 5 rings (SSSR count). The number of aryl methyl sites for hydroxylation is 3. The maximum absolute atomic E-state index is 13.6. The lowest BCUT2D eigenvalue weighted by Gasteiger charge is -2.12. The lowest BCUT2D eigenvalue weighted by molar-refractivity contribution is 0.594. The zero-order valence-electron chi connectivity index (χ0n) is 19.1. The van der Waals surface area contributed by atoms with Gasteiger partial charge in [0.15, 0.2) is 0 Å². The molecule has 0 fully saturated rings. The number of nitrogens with zero attached hydrogens (tertiary/aromatic N) is 2. The van der Waals surface area contributed by atoms with Crippen LogP contribution in [0.3, 0.4) is 0 Å². The van der Waals surface area contributed by atoms with Gasteiger partial charge in [-0.2, -0.15) is 0 Å². The molecule has 5 aromatic rings. The molecule has 35 heavy (non-hydrogen) atoms. The normalized spacial score (nSPS) is 11.6. The van der Waals surface area contributed by atoms with Gasteiger partial charge in [0.25, 0.3) is 10.0 Å². The maximum Gasteiger partial charge on any atom is 0.262 e. The van der Waals surface area contributed by atoms with Crippen LogP contribution in [0.15, 0.2) is 102 Å². The quantitative estimate of drug-likeness (QED) is 0.305. The molecule has 4 aromatic carbocycles. The molecule has 5 nitrogen and oxygen atoms in total. The number of hydrogen-bond acceptors (Lipinski definition) is 3. The number of anilines is 1. The van der Waals surface area contributed by atoms with E-state index in [0.29, 0.717) is 11.3 Å². The highest BCUT2D eigenvalue weighted by Gasteiger charge is 2.18. The van der Waals surface area contributed by atoms with E-state index in [0.717, 1.165) is 47.0 Å². The van der Waals surface area contributed by atoms with Crippen molar-refractivity contribution in [3.63, 3.8) is 0 Å². The predicted molar refractivity (Wildman–Crippen MR) is 137 cm³/mol. The highest BCUT2D eigenvalue weighted by molar-refractivity contribution is 7.92. The van der Waals surface area contributed by atoms with Crippen molar-refractivity contribution >= 4 is 26.7 Å². The second-order valence-corrected chi connectivity index (χ2v) is 10.1. The molecule has 1 N–H and O–H groups in total. The van der Waals surface area contributed by atoms with Gasteiger partial charge in [-0.05, 0) is 73.0 Å². The monoisotopic (exact) mass is 485 g/mol. The Morgan fingerprint density at radius 1 is 0.857 bits per heavy atom. The van der Waals surface area contributed by atoms with Crippen LogP contribution in [0, 0.1) is 12.7 Å². The topological polar surface area (TPSA) is 64.0 Å². The van der Waals surface area contributed by atoms with Crippen LogP contribution in [0.5, 0.6) is 0 Å². The first-order valence-corrected chi connectivity index (χ1v) is 12.8. The highest BCUT2D eigenvalue weighted by atomic mass is 32.2. The summed E-state index contributed by atoms with van der Waals surface area (Å²) >= 11 is 0. The van der Waals surface area contributed by atoms with Gasteiger partial charge in [-0.25, -0.2) is 17.8 Å². The highest BCUT2D eigenvalue weighted by Crippen LogP contribution is 2.24. The van der Waals surface area contributed by atoms with Crippen LogP contribution in [0.4, 0.5) is 10.1 Å². The van der Waals surface area contributed by atoms with Gasteiger partial charge in [0.1, 0.15) is 11.6 Å². The first-order valence-electron chi connectivity index (χ1n) is 11.3. The maximum atomic E-state index is 13.6. The summed E-state index contributed by atoms with van der Waals surface area (Å²) in [6.07, 6.45) is 1.46. The number of nitrogens with one attached hydrogen (secondary N) is 1. The first-order chi connectivity index (χ1) is 16.9. The lowest BCUT2D eigenvalue weighted by atomic mass is 10.1. The van der Waals surface area contributed by atoms with E-state index in [1.807, 2.05) is 48.5 Å². The van der Waals surface area contributed by atoms with Gasteiger partial charge in [-0.1, -0.05) is 48.5 Å². The van der Waals surface area contributed by atoms with E-state index in [1.165, 1.54) is 12.1 Å². The van der Waals surface area contributed by atoms with E-state index in [1.54, 1.807) is 19.1 Å². The molecule has 0 bridgehead atoms. The molecule has 1 heterocycles. The van der Waals surface area contributed by atoms with Gasteiger partial charge in [-0.15, -0.1) is 0 Å². The molecule has 0 unspecified atom stereocenters. The number of rotatable bonds is 7. The largest absolute Gasteiger partial charge is 0.296 e. The third-order valence-electron chi connectivity index (χ3n) is 5.93. The molecule has 1 aromatic heterocycles. The molecule has 0 spiro atoms. The molecule has 0 aliphatic carbocycles. The number of aromatic nitrogens is 2. The Morgan fingerprint density at radius 2 is 1.57 bits per heavy atom. The first kappa shape index (κ1) is 22.8. The van der Waals surface area contributed by atoms with Crippen molar-refractivity contribution in [3.05, 3.63) is 120 Å². The molecule has 7 heteroatoms. The number of benzene rings is 4. The van der Waals surface area contributed by atoms with Gasteiger partial charge >= 0.3 is 0 Å². The zero-order chi connectivity index (χ0) is 24.4. The van der Waals surface area contributed by atoms with E-state index in [2.05, 4.69) is 27.5 Å². The van der Waals surface area contributed by atoms with Gasteiger partial charge in [0, 0.05) is 17.8 Å². The van der Waals surface area contributed by atoms with Crippen molar-refractivity contribution in [2.24, 2.45) is 0 Å². The average molecular weight is 486 g/mol. The van der Waals surface area contributed by atoms with E-state index in [9.17, 15) is 12.8 Å². The van der Waals surface area contributed by atoms with E-state index in [-0.39, 0.29) is 4.90 Å². The Kier molecular flexibility index (Phi) is 6.09. The molecular weight excluding hydrogens is 461 g/mol. The molecule has 0 amide bonds. The van der Waals surface area contributed by atoms with Gasteiger partial charge in [0.2, 0.25) is 0 Å². The summed E-state index contributed by atoms with van der Waals surface area (Å²) in [4.78, 5) is 4.79. The van der Waals surface area contributed by atoms with Crippen LogP contribution in [-0.2, 0) is 22.9 Å². The third kappa shape index (κ3) is 4.81. The summed E-state index contributed by atoms with van der Waals surface area (Å²) in [7, 11) is -3.89. The van der Waals surface area contributed by atoms with Crippen LogP contribution >= 0.6 is 0 Å². The van der Waals surface area contributed by atoms with Gasteiger partial charge < -0.3 is 0 Å². The SMILES string of the molecule is Cc1ccc(F)cc1S(=O)(=O)Nc1ccc(CCc2nc3ccccc3n2-c2ccccc2)cc1. The molecule has 0 radical (unpaired) electrons. The molecular formula is C28H24FN3O2S. The molecule has 0 atom stereocenters. The van der Waals surface area contributed by atoms with Crippen molar-refractivity contribution in [1.82, 2.24) is 9.55 Å². The van der Waals surface area contributed by atoms with E-state index in [4.69, 9.17) is 4.98 Å². The summed E-state index contributed by atoms with van der Waals surface area (Å²) < 4.78 is 43.8.